The Hall–Kier alpha value is -4.96. The smallest absolute Gasteiger partial charge is 0.200 e. The van der Waals surface area contributed by atoms with Crippen molar-refractivity contribution in [2.75, 3.05) is 25.5 Å². The lowest BCUT2D eigenvalue weighted by atomic mass is 9.97. The number of pyridine rings is 2. The number of rotatable bonds is 9. The third-order valence-corrected chi connectivity index (χ3v) is 8.04. The lowest BCUT2D eigenvalue weighted by molar-refractivity contribution is 0.0991. The molecule has 0 bridgehead atoms. The number of alkyl halides is 1. The van der Waals surface area contributed by atoms with Gasteiger partial charge in [0.25, 0.3) is 0 Å². The molecule has 0 radical (unpaired) electrons. The van der Waals surface area contributed by atoms with E-state index in [0.29, 0.717) is 23.0 Å². The van der Waals surface area contributed by atoms with E-state index in [2.05, 4.69) is 15.4 Å². The highest BCUT2D eigenvalue weighted by atomic mass is 19.1. The maximum absolute atomic E-state index is 13.5. The topological polar surface area (TPSA) is 108 Å². The number of aromatic nitrogens is 4. The van der Waals surface area contributed by atoms with Gasteiger partial charge in [-0.15, -0.1) is 0 Å². The Morgan fingerprint density at radius 1 is 0.909 bits per heavy atom. The van der Waals surface area contributed by atoms with E-state index >= 15 is 0 Å². The number of hydrogen-bond acceptors (Lipinski definition) is 6. The van der Waals surface area contributed by atoms with Crippen molar-refractivity contribution in [3.05, 3.63) is 113 Å². The zero-order valence-electron chi connectivity index (χ0n) is 24.0. The summed E-state index contributed by atoms with van der Waals surface area (Å²) in [5.74, 6) is -0.455. The molecule has 1 saturated heterocycles. The summed E-state index contributed by atoms with van der Waals surface area (Å²) in [5, 5.41) is 7.97. The van der Waals surface area contributed by atoms with E-state index in [9.17, 15) is 18.4 Å². The molecular weight excluding hydrogens is 562 g/mol. The van der Waals surface area contributed by atoms with Gasteiger partial charge in [-0.3, -0.25) is 14.3 Å². The van der Waals surface area contributed by atoms with Gasteiger partial charge in [-0.1, -0.05) is 36.4 Å². The molecule has 1 fully saturated rings. The lowest BCUT2D eigenvalue weighted by Gasteiger charge is -2.22. The Morgan fingerprint density at radius 2 is 1.61 bits per heavy atom. The van der Waals surface area contributed by atoms with Gasteiger partial charge in [-0.05, 0) is 60.8 Å². The average molecular weight is 595 g/mol. The van der Waals surface area contributed by atoms with Gasteiger partial charge in [0.15, 0.2) is 11.2 Å². The number of benzene rings is 2. The maximum atomic E-state index is 13.5. The highest BCUT2D eigenvalue weighted by Crippen LogP contribution is 2.31. The van der Waals surface area contributed by atoms with Crippen LogP contribution in [0.5, 0.6) is 0 Å². The molecule has 0 saturated carbocycles. The number of hydrogen-bond donors (Lipinski definition) is 2. The second-order valence-electron chi connectivity index (χ2n) is 11.0. The summed E-state index contributed by atoms with van der Waals surface area (Å²) in [6.07, 6.45) is 10.6. The van der Waals surface area contributed by atoms with Crippen molar-refractivity contribution in [1.29, 1.82) is 0 Å². The van der Waals surface area contributed by atoms with E-state index in [-0.39, 0.29) is 24.1 Å². The van der Waals surface area contributed by atoms with Crippen molar-refractivity contribution >= 4 is 11.6 Å². The quantitative estimate of drug-likeness (QED) is 0.219. The molecule has 4 heterocycles. The number of ketones is 1. The molecule has 1 aliphatic rings. The van der Waals surface area contributed by atoms with Gasteiger partial charge in [0, 0.05) is 53.5 Å². The van der Waals surface area contributed by atoms with Crippen molar-refractivity contribution in [1.82, 2.24) is 24.6 Å². The molecule has 2 aromatic carbocycles. The van der Waals surface area contributed by atoms with E-state index in [4.69, 9.17) is 5.73 Å². The fourth-order valence-corrected chi connectivity index (χ4v) is 5.60. The fourth-order valence-electron chi connectivity index (χ4n) is 5.60. The number of Topliss-reactive ketones (excluding diaryl/α,β-unsaturated/α-hetero) is 1. The number of carbonyl (C=O) groups is 1. The summed E-state index contributed by atoms with van der Waals surface area (Å²) in [4.78, 5) is 31.1. The highest BCUT2D eigenvalue weighted by molar-refractivity contribution is 5.98. The van der Waals surface area contributed by atoms with Gasteiger partial charge in [-0.2, -0.15) is 5.10 Å². The Labute approximate surface area is 253 Å². The molecule has 0 aliphatic carbocycles. The minimum atomic E-state index is -0.666. The summed E-state index contributed by atoms with van der Waals surface area (Å²) in [6, 6.07) is 15.2. The van der Waals surface area contributed by atoms with Crippen LogP contribution in [-0.4, -0.2) is 44.9 Å². The normalized spacial score (nSPS) is 13.7. The molecule has 0 spiro atoms. The minimum Gasteiger partial charge on any atom is -0.383 e. The summed E-state index contributed by atoms with van der Waals surface area (Å²) in [5.41, 5.74) is 10.6. The van der Waals surface area contributed by atoms with E-state index < -0.39 is 23.7 Å². The zero-order valence-corrected chi connectivity index (χ0v) is 24.0. The van der Waals surface area contributed by atoms with Crippen LogP contribution in [0.2, 0.25) is 0 Å². The first-order valence-electron chi connectivity index (χ1n) is 14.6. The molecule has 224 valence electrons. The Bertz CT molecular complexity index is 1840. The molecular formula is C34H32F2N6O2. The maximum Gasteiger partial charge on any atom is 0.200 e. The molecule has 1 aliphatic heterocycles. The predicted molar refractivity (Wildman–Crippen MR) is 167 cm³/mol. The third-order valence-electron chi connectivity index (χ3n) is 8.04. The highest BCUT2D eigenvalue weighted by Gasteiger charge is 2.19. The first kappa shape index (κ1) is 29.1. The minimum absolute atomic E-state index is 0.0170. The van der Waals surface area contributed by atoms with Crippen molar-refractivity contribution in [2.45, 2.75) is 31.8 Å². The van der Waals surface area contributed by atoms with Crippen LogP contribution in [0.4, 0.5) is 14.6 Å². The van der Waals surface area contributed by atoms with Crippen molar-refractivity contribution in [2.24, 2.45) is 0 Å². The Morgan fingerprint density at radius 3 is 2.34 bits per heavy atom. The number of piperidine rings is 1. The van der Waals surface area contributed by atoms with Crippen LogP contribution in [0.25, 0.3) is 33.4 Å². The molecule has 0 amide bonds. The molecule has 5 aromatic rings. The molecule has 44 heavy (non-hydrogen) atoms. The van der Waals surface area contributed by atoms with Crippen molar-refractivity contribution < 1.29 is 13.6 Å². The van der Waals surface area contributed by atoms with Crippen LogP contribution in [0.3, 0.4) is 0 Å². The second kappa shape index (κ2) is 12.7. The van der Waals surface area contributed by atoms with Crippen LogP contribution in [-0.2, 0) is 13.0 Å². The number of nitrogens with zero attached hydrogens (tertiary/aromatic N) is 4. The van der Waals surface area contributed by atoms with Crippen LogP contribution < -0.4 is 16.5 Å². The largest absolute Gasteiger partial charge is 0.383 e. The zero-order chi connectivity index (χ0) is 30.6. The third kappa shape index (κ3) is 6.21. The molecule has 8 nitrogen and oxygen atoms in total. The second-order valence-corrected chi connectivity index (χ2v) is 11.0. The molecule has 6 rings (SSSR count). The summed E-state index contributed by atoms with van der Waals surface area (Å²) >= 11 is 0. The number of halogens is 2. The molecule has 0 atom stereocenters. The van der Waals surface area contributed by atoms with Gasteiger partial charge in [0.1, 0.15) is 18.3 Å². The van der Waals surface area contributed by atoms with Crippen LogP contribution in [0, 0.1) is 5.82 Å². The van der Waals surface area contributed by atoms with Gasteiger partial charge in [0.05, 0.1) is 24.3 Å². The van der Waals surface area contributed by atoms with Crippen molar-refractivity contribution in [3.63, 3.8) is 0 Å². The van der Waals surface area contributed by atoms with Crippen LogP contribution in [0.1, 0.15) is 34.8 Å². The number of nitrogens with one attached hydrogen (secondary N) is 1. The lowest BCUT2D eigenvalue weighted by Crippen LogP contribution is -2.29. The van der Waals surface area contributed by atoms with Crippen LogP contribution >= 0.6 is 0 Å². The van der Waals surface area contributed by atoms with Gasteiger partial charge >= 0.3 is 0 Å². The number of aryl methyl sites for hydroxylation is 1. The van der Waals surface area contributed by atoms with Gasteiger partial charge < -0.3 is 15.6 Å². The predicted octanol–water partition coefficient (Wildman–Crippen LogP) is 5.48. The first-order valence-corrected chi connectivity index (χ1v) is 14.6. The van der Waals surface area contributed by atoms with E-state index in [1.165, 1.54) is 41.2 Å². The molecule has 10 heteroatoms. The van der Waals surface area contributed by atoms with E-state index in [1.54, 1.807) is 6.20 Å². The van der Waals surface area contributed by atoms with Gasteiger partial charge in [0.2, 0.25) is 0 Å². The number of anilines is 1. The summed E-state index contributed by atoms with van der Waals surface area (Å²) < 4.78 is 30.2. The Kier molecular flexibility index (Phi) is 8.42. The molecule has 3 N–H and O–H groups in total. The number of nitrogen functional groups attached to an aromatic ring is 1. The number of nitrogens with two attached hydrogens (primary N) is 1. The van der Waals surface area contributed by atoms with Crippen molar-refractivity contribution in [3.8, 4) is 33.4 Å². The van der Waals surface area contributed by atoms with E-state index in [0.717, 1.165) is 48.2 Å². The monoisotopic (exact) mass is 594 g/mol. The van der Waals surface area contributed by atoms with E-state index in [1.807, 2.05) is 47.4 Å². The Balaban J connectivity index is 1.23. The molecule has 0 unspecified atom stereocenters. The molecule has 3 aromatic heterocycles. The standard InChI is InChI=1S/C34H32F2N6O2/c35-11-14-41-20-30(24-5-7-27(36)8-6-24)33(44)31(21-41)32(43)15-22-1-3-23(4-2-22)29-16-25(17-39-34(29)37)26-18-40-42(19-26)28-9-12-38-13-10-28/h1-8,16-21,28,38H,9-15H2,(H2,37,39). The summed E-state index contributed by atoms with van der Waals surface area (Å²) in [7, 11) is 0. The summed E-state index contributed by atoms with van der Waals surface area (Å²) in [6.45, 7) is 1.28. The van der Waals surface area contributed by atoms with Crippen LogP contribution in [0.15, 0.2) is 90.4 Å². The number of carbonyl (C=O) groups excluding carboxylic acids is 1. The first-order chi connectivity index (χ1) is 21.4. The SMILES string of the molecule is Nc1ncc(-c2cnn(C3CCNCC3)c2)cc1-c1ccc(CC(=O)c2cn(CCF)cc(-c3ccc(F)cc3)c2=O)cc1. The fraction of sp³-hybridized carbons (Fsp3) is 0.235. The van der Waals surface area contributed by atoms with Gasteiger partial charge in [-0.25, -0.2) is 13.8 Å². The average Bonchev–Trinajstić information content (AvgIpc) is 3.54.